The third kappa shape index (κ3) is 5.38. The summed E-state index contributed by atoms with van der Waals surface area (Å²) in [6.07, 6.45) is 0.437. The number of carbonyl (C=O) groups is 1. The summed E-state index contributed by atoms with van der Waals surface area (Å²) in [6, 6.07) is 8.27. The number of amides is 1. The van der Waals surface area contributed by atoms with Crippen molar-refractivity contribution in [1.29, 1.82) is 0 Å². The molecule has 182 valence electrons. The second kappa shape index (κ2) is 10.8. The van der Waals surface area contributed by atoms with E-state index in [1.807, 2.05) is 19.1 Å². The van der Waals surface area contributed by atoms with Crippen LogP contribution in [-0.2, 0) is 29.2 Å². The molecule has 2 atom stereocenters. The number of carbonyl (C=O) groups excluding carboxylic acids is 1. The lowest BCUT2D eigenvalue weighted by Gasteiger charge is -2.35. The molecule has 0 aliphatic carbocycles. The summed E-state index contributed by atoms with van der Waals surface area (Å²) in [5.74, 6) is 0.865. The van der Waals surface area contributed by atoms with E-state index in [0.717, 1.165) is 41.0 Å². The second-order valence-electron chi connectivity index (χ2n) is 8.72. The zero-order valence-corrected chi connectivity index (χ0v) is 21.2. The number of morpholine rings is 1. The van der Waals surface area contributed by atoms with E-state index in [1.165, 1.54) is 16.9 Å². The Balaban J connectivity index is 1.51. The third-order valence-corrected chi connectivity index (χ3v) is 7.11. The van der Waals surface area contributed by atoms with Gasteiger partial charge in [0.15, 0.2) is 5.82 Å². The monoisotopic (exact) mass is 484 g/mol. The number of hydrogen-bond acceptors (Lipinski definition) is 8. The standard InChI is InChI=1S/C25H32N4O4S/c1-15-11-29(12-16(2)33-15)13-19-9-7-6-8-18(19)10-26-23(30)22-17(3)21-24(32-5)27-20(14-31-4)28-25(21)34-22/h6-9,15-16H,10-14H2,1-5H3,(H,26,30). The van der Waals surface area contributed by atoms with Gasteiger partial charge in [0, 0.05) is 33.3 Å². The molecule has 1 aliphatic heterocycles. The van der Waals surface area contributed by atoms with Crippen molar-refractivity contribution >= 4 is 27.5 Å². The fourth-order valence-electron chi connectivity index (χ4n) is 4.50. The van der Waals surface area contributed by atoms with Gasteiger partial charge < -0.3 is 19.5 Å². The Morgan fingerprint density at radius 2 is 1.88 bits per heavy atom. The van der Waals surface area contributed by atoms with Gasteiger partial charge in [-0.2, -0.15) is 4.98 Å². The topological polar surface area (TPSA) is 85.8 Å². The molecule has 0 bridgehead atoms. The highest BCUT2D eigenvalue weighted by molar-refractivity contribution is 7.20. The van der Waals surface area contributed by atoms with Gasteiger partial charge in [0.1, 0.15) is 11.4 Å². The Hall–Kier alpha value is -2.59. The summed E-state index contributed by atoms with van der Waals surface area (Å²) in [7, 11) is 3.17. The molecular formula is C25H32N4O4S. The molecule has 8 nitrogen and oxygen atoms in total. The molecule has 1 saturated heterocycles. The molecular weight excluding hydrogens is 452 g/mol. The number of methoxy groups -OCH3 is 2. The molecule has 34 heavy (non-hydrogen) atoms. The molecule has 1 fully saturated rings. The maximum atomic E-state index is 13.2. The molecule has 3 aromatic rings. The van der Waals surface area contributed by atoms with Crippen LogP contribution < -0.4 is 10.1 Å². The van der Waals surface area contributed by atoms with Gasteiger partial charge in [-0.25, -0.2) is 4.98 Å². The lowest BCUT2D eigenvalue weighted by Crippen LogP contribution is -2.45. The van der Waals surface area contributed by atoms with E-state index in [4.69, 9.17) is 14.2 Å². The smallest absolute Gasteiger partial charge is 0.261 e. The lowest BCUT2D eigenvalue weighted by molar-refractivity contribution is -0.0705. The Morgan fingerprint density at radius 1 is 1.18 bits per heavy atom. The van der Waals surface area contributed by atoms with E-state index in [0.29, 0.717) is 23.1 Å². The number of nitrogens with one attached hydrogen (secondary N) is 1. The summed E-state index contributed by atoms with van der Waals surface area (Å²) < 4.78 is 16.5. The highest BCUT2D eigenvalue weighted by Crippen LogP contribution is 2.35. The molecule has 2 aromatic heterocycles. The SMILES string of the molecule is COCc1nc(OC)c2c(C)c(C(=O)NCc3ccccc3CN3CC(C)OC(C)C3)sc2n1. The largest absolute Gasteiger partial charge is 0.480 e. The Bertz CT molecular complexity index is 1160. The van der Waals surface area contributed by atoms with Gasteiger partial charge in [-0.15, -0.1) is 11.3 Å². The first-order valence-electron chi connectivity index (χ1n) is 11.4. The van der Waals surface area contributed by atoms with Gasteiger partial charge >= 0.3 is 0 Å². The maximum absolute atomic E-state index is 13.2. The number of benzene rings is 1. The van der Waals surface area contributed by atoms with E-state index in [9.17, 15) is 4.79 Å². The van der Waals surface area contributed by atoms with Gasteiger partial charge in [-0.3, -0.25) is 9.69 Å². The van der Waals surface area contributed by atoms with Crippen LogP contribution in [0, 0.1) is 6.92 Å². The van der Waals surface area contributed by atoms with Gasteiger partial charge in [-0.05, 0) is 37.5 Å². The predicted octanol–water partition coefficient (Wildman–Crippen LogP) is 3.69. The maximum Gasteiger partial charge on any atom is 0.261 e. The average molecular weight is 485 g/mol. The van der Waals surface area contributed by atoms with E-state index < -0.39 is 0 Å². The Morgan fingerprint density at radius 3 is 2.56 bits per heavy atom. The zero-order chi connectivity index (χ0) is 24.2. The first kappa shape index (κ1) is 24.5. The van der Waals surface area contributed by atoms with E-state index in [1.54, 1.807) is 14.2 Å². The van der Waals surface area contributed by atoms with Crippen LogP contribution in [0.5, 0.6) is 5.88 Å². The summed E-state index contributed by atoms with van der Waals surface area (Å²) in [6.45, 7) is 9.50. The van der Waals surface area contributed by atoms with Crippen molar-refractivity contribution < 1.29 is 19.0 Å². The Labute approximate surface area is 204 Å². The minimum atomic E-state index is -0.126. The minimum Gasteiger partial charge on any atom is -0.480 e. The number of thiophene rings is 1. The van der Waals surface area contributed by atoms with E-state index >= 15 is 0 Å². The van der Waals surface area contributed by atoms with Crippen molar-refractivity contribution in [2.45, 2.75) is 52.7 Å². The van der Waals surface area contributed by atoms with Crippen molar-refractivity contribution in [2.24, 2.45) is 0 Å². The van der Waals surface area contributed by atoms with E-state index in [-0.39, 0.29) is 24.7 Å². The number of nitrogens with zero attached hydrogens (tertiary/aromatic N) is 3. The Kier molecular flexibility index (Phi) is 7.77. The lowest BCUT2D eigenvalue weighted by atomic mass is 10.1. The molecule has 0 saturated carbocycles. The summed E-state index contributed by atoms with van der Waals surface area (Å²) in [4.78, 5) is 25.9. The average Bonchev–Trinajstić information content (AvgIpc) is 3.14. The first-order valence-corrected chi connectivity index (χ1v) is 12.3. The molecule has 2 unspecified atom stereocenters. The van der Waals surface area contributed by atoms with Crippen molar-refractivity contribution in [1.82, 2.24) is 20.2 Å². The minimum absolute atomic E-state index is 0.126. The molecule has 1 aromatic carbocycles. The number of ether oxygens (including phenoxy) is 3. The van der Waals surface area contributed by atoms with Crippen molar-refractivity contribution in [3.63, 3.8) is 0 Å². The fraction of sp³-hybridized carbons (Fsp3) is 0.480. The number of hydrogen-bond donors (Lipinski definition) is 1. The van der Waals surface area contributed by atoms with Gasteiger partial charge in [0.25, 0.3) is 5.91 Å². The van der Waals surface area contributed by atoms with Crippen LogP contribution in [0.4, 0.5) is 0 Å². The van der Waals surface area contributed by atoms with Crippen LogP contribution in [0.25, 0.3) is 10.2 Å². The van der Waals surface area contributed by atoms with Crippen LogP contribution in [0.1, 0.15) is 46.0 Å². The summed E-state index contributed by atoms with van der Waals surface area (Å²) in [5, 5.41) is 3.88. The molecule has 3 heterocycles. The number of aryl methyl sites for hydroxylation is 1. The molecule has 9 heteroatoms. The predicted molar refractivity (Wildman–Crippen MR) is 132 cm³/mol. The number of aromatic nitrogens is 2. The second-order valence-corrected chi connectivity index (χ2v) is 9.72. The normalized spacial score (nSPS) is 18.9. The van der Waals surface area contributed by atoms with Crippen molar-refractivity contribution in [3.05, 3.63) is 51.7 Å². The van der Waals surface area contributed by atoms with Crippen molar-refractivity contribution in [2.75, 3.05) is 27.3 Å². The summed E-state index contributed by atoms with van der Waals surface area (Å²) in [5.41, 5.74) is 3.15. The molecule has 0 radical (unpaired) electrons. The van der Waals surface area contributed by atoms with Gasteiger partial charge in [0.05, 0.1) is 29.6 Å². The van der Waals surface area contributed by atoms with Crippen LogP contribution in [0.2, 0.25) is 0 Å². The summed E-state index contributed by atoms with van der Waals surface area (Å²) >= 11 is 1.35. The van der Waals surface area contributed by atoms with Gasteiger partial charge in [0.2, 0.25) is 5.88 Å². The highest BCUT2D eigenvalue weighted by Gasteiger charge is 2.24. The van der Waals surface area contributed by atoms with E-state index in [2.05, 4.69) is 46.2 Å². The molecule has 4 rings (SSSR count). The first-order chi connectivity index (χ1) is 16.4. The van der Waals surface area contributed by atoms with Crippen molar-refractivity contribution in [3.8, 4) is 5.88 Å². The fourth-order valence-corrected chi connectivity index (χ4v) is 5.60. The third-order valence-electron chi connectivity index (χ3n) is 5.92. The highest BCUT2D eigenvalue weighted by atomic mass is 32.1. The van der Waals surface area contributed by atoms with Crippen LogP contribution in [0.3, 0.4) is 0 Å². The van der Waals surface area contributed by atoms with Crippen LogP contribution >= 0.6 is 11.3 Å². The molecule has 0 spiro atoms. The molecule has 1 N–H and O–H groups in total. The number of rotatable bonds is 8. The number of fused-ring (bicyclic) bond motifs is 1. The molecule has 1 aliphatic rings. The van der Waals surface area contributed by atoms with Crippen LogP contribution in [-0.4, -0.2) is 60.3 Å². The zero-order valence-electron chi connectivity index (χ0n) is 20.4. The molecule has 1 amide bonds. The van der Waals surface area contributed by atoms with Gasteiger partial charge in [-0.1, -0.05) is 24.3 Å². The van der Waals surface area contributed by atoms with Crippen LogP contribution in [0.15, 0.2) is 24.3 Å². The quantitative estimate of drug-likeness (QED) is 0.522.